The minimum atomic E-state index is 0.671. The van der Waals surface area contributed by atoms with E-state index in [1.807, 2.05) is 0 Å². The molecule has 3 atom stereocenters. The Bertz CT molecular complexity index is 437. The molecule has 1 saturated carbocycles. The minimum absolute atomic E-state index is 0.671. The Morgan fingerprint density at radius 3 is 2.79 bits per heavy atom. The highest BCUT2D eigenvalue weighted by Gasteiger charge is 2.28. The van der Waals surface area contributed by atoms with Crippen LogP contribution < -0.4 is 5.32 Å². The van der Waals surface area contributed by atoms with E-state index in [0.29, 0.717) is 6.04 Å². The quantitative estimate of drug-likeness (QED) is 0.866. The van der Waals surface area contributed by atoms with Gasteiger partial charge in [0.1, 0.15) is 0 Å². The number of likely N-dealkylation sites (N-methyl/N-ethyl adjacent to an activating group) is 1. The Kier molecular flexibility index (Phi) is 3.93. The largest absolute Gasteiger partial charge is 0.316 e. The maximum atomic E-state index is 3.58. The molecule has 0 amide bonds. The van der Waals surface area contributed by atoms with Crippen LogP contribution in [0.15, 0.2) is 18.2 Å². The van der Waals surface area contributed by atoms with Crippen molar-refractivity contribution in [2.75, 3.05) is 7.05 Å². The third-order valence-electron chi connectivity index (χ3n) is 5.29. The molecule has 1 aromatic rings. The van der Waals surface area contributed by atoms with Gasteiger partial charge in [0.15, 0.2) is 0 Å². The molecule has 3 rings (SSSR count). The molecule has 19 heavy (non-hydrogen) atoms. The Balaban J connectivity index is 1.69. The first-order chi connectivity index (χ1) is 9.26. The lowest BCUT2D eigenvalue weighted by molar-refractivity contribution is 0.367. The first-order valence-electron chi connectivity index (χ1n) is 8.04. The lowest BCUT2D eigenvalue weighted by Crippen LogP contribution is -2.34. The molecule has 0 aromatic heterocycles. The number of benzene rings is 1. The molecule has 0 aliphatic heterocycles. The molecule has 1 N–H and O–H groups in total. The van der Waals surface area contributed by atoms with Crippen LogP contribution in [0.3, 0.4) is 0 Å². The van der Waals surface area contributed by atoms with Gasteiger partial charge in [0.05, 0.1) is 0 Å². The van der Waals surface area contributed by atoms with Crippen molar-refractivity contribution in [1.82, 2.24) is 5.32 Å². The highest BCUT2D eigenvalue weighted by molar-refractivity contribution is 5.35. The first kappa shape index (κ1) is 13.2. The molecule has 1 fully saturated rings. The second kappa shape index (κ2) is 5.66. The number of rotatable bonds is 4. The predicted molar refractivity (Wildman–Crippen MR) is 81.5 cm³/mol. The topological polar surface area (TPSA) is 12.0 Å². The van der Waals surface area contributed by atoms with E-state index in [9.17, 15) is 0 Å². The number of hydrogen-bond donors (Lipinski definition) is 1. The zero-order valence-electron chi connectivity index (χ0n) is 12.4. The average molecular weight is 257 g/mol. The molecule has 1 aromatic carbocycles. The number of aryl methyl sites for hydroxylation is 2. The van der Waals surface area contributed by atoms with Gasteiger partial charge in [-0.05, 0) is 74.1 Å². The molecule has 104 valence electrons. The fraction of sp³-hybridized carbons (Fsp3) is 0.667. The van der Waals surface area contributed by atoms with Gasteiger partial charge in [0.2, 0.25) is 0 Å². The summed E-state index contributed by atoms with van der Waals surface area (Å²) in [7, 11) is 2.14. The van der Waals surface area contributed by atoms with E-state index in [4.69, 9.17) is 0 Å². The van der Waals surface area contributed by atoms with E-state index in [-0.39, 0.29) is 0 Å². The lowest BCUT2D eigenvalue weighted by atomic mass is 9.90. The van der Waals surface area contributed by atoms with Crippen LogP contribution in [0.4, 0.5) is 0 Å². The highest BCUT2D eigenvalue weighted by Crippen LogP contribution is 2.34. The van der Waals surface area contributed by atoms with Crippen molar-refractivity contribution >= 4 is 0 Å². The number of hydrogen-bond acceptors (Lipinski definition) is 1. The summed E-state index contributed by atoms with van der Waals surface area (Å²) in [5, 5.41) is 3.58. The second-order valence-electron chi connectivity index (χ2n) is 6.73. The predicted octanol–water partition coefficient (Wildman–Crippen LogP) is 3.74. The maximum absolute atomic E-state index is 3.58. The van der Waals surface area contributed by atoms with E-state index >= 15 is 0 Å². The standard InChI is InChI=1S/C18H27N/c1-13-6-8-17(10-13)18(19-2)12-14-7-9-15-4-3-5-16(15)11-14/h7,9,11,13,17-19H,3-6,8,10,12H2,1-2H3. The summed E-state index contributed by atoms with van der Waals surface area (Å²) in [5.74, 6) is 1.81. The molecule has 1 heteroatoms. The molecular formula is C18H27N. The van der Waals surface area contributed by atoms with E-state index in [1.165, 1.54) is 44.9 Å². The van der Waals surface area contributed by atoms with E-state index < -0.39 is 0 Å². The third kappa shape index (κ3) is 2.86. The van der Waals surface area contributed by atoms with Crippen LogP contribution in [0.5, 0.6) is 0 Å². The SMILES string of the molecule is CNC(Cc1ccc2c(c1)CCC2)C1CCC(C)C1. The number of fused-ring (bicyclic) bond motifs is 1. The summed E-state index contributed by atoms with van der Waals surface area (Å²) >= 11 is 0. The van der Waals surface area contributed by atoms with Crippen LogP contribution in [0, 0.1) is 11.8 Å². The van der Waals surface area contributed by atoms with Crippen LogP contribution in [0.25, 0.3) is 0 Å². The van der Waals surface area contributed by atoms with Crippen molar-refractivity contribution in [3.63, 3.8) is 0 Å². The molecule has 0 bridgehead atoms. The minimum Gasteiger partial charge on any atom is -0.316 e. The summed E-state index contributed by atoms with van der Waals surface area (Å²) in [4.78, 5) is 0. The number of nitrogens with one attached hydrogen (secondary N) is 1. The van der Waals surface area contributed by atoms with E-state index in [1.54, 1.807) is 16.7 Å². The molecule has 2 aliphatic carbocycles. The fourth-order valence-electron chi connectivity index (χ4n) is 4.13. The van der Waals surface area contributed by atoms with Gasteiger partial charge in [0.25, 0.3) is 0 Å². The molecule has 2 aliphatic rings. The van der Waals surface area contributed by atoms with Gasteiger partial charge in [-0.2, -0.15) is 0 Å². The van der Waals surface area contributed by atoms with Crippen LogP contribution in [-0.4, -0.2) is 13.1 Å². The Morgan fingerprint density at radius 2 is 2.05 bits per heavy atom. The zero-order chi connectivity index (χ0) is 13.2. The van der Waals surface area contributed by atoms with Crippen molar-refractivity contribution in [3.8, 4) is 0 Å². The van der Waals surface area contributed by atoms with Gasteiger partial charge in [-0.15, -0.1) is 0 Å². The monoisotopic (exact) mass is 257 g/mol. The van der Waals surface area contributed by atoms with E-state index in [2.05, 4.69) is 37.5 Å². The molecule has 0 saturated heterocycles. The summed E-state index contributed by atoms with van der Waals surface area (Å²) < 4.78 is 0. The van der Waals surface area contributed by atoms with Crippen molar-refractivity contribution in [2.24, 2.45) is 11.8 Å². The molecule has 0 radical (unpaired) electrons. The fourth-order valence-corrected chi connectivity index (χ4v) is 4.13. The van der Waals surface area contributed by atoms with Crippen molar-refractivity contribution in [1.29, 1.82) is 0 Å². The molecular weight excluding hydrogens is 230 g/mol. The second-order valence-corrected chi connectivity index (χ2v) is 6.73. The van der Waals surface area contributed by atoms with Gasteiger partial charge in [0, 0.05) is 6.04 Å². The van der Waals surface area contributed by atoms with Crippen molar-refractivity contribution in [2.45, 2.75) is 57.9 Å². The summed E-state index contributed by atoms with van der Waals surface area (Å²) in [6.07, 6.45) is 9.41. The average Bonchev–Trinajstić information content (AvgIpc) is 3.04. The van der Waals surface area contributed by atoms with Gasteiger partial charge >= 0.3 is 0 Å². The summed E-state index contributed by atoms with van der Waals surface area (Å²) in [6, 6.07) is 7.89. The van der Waals surface area contributed by atoms with Crippen LogP contribution >= 0.6 is 0 Å². The normalized spacial score (nSPS) is 27.5. The Labute approximate surface area is 117 Å². The molecule has 0 heterocycles. The molecule has 0 spiro atoms. The summed E-state index contributed by atoms with van der Waals surface area (Å²) in [5.41, 5.74) is 4.76. The van der Waals surface area contributed by atoms with Gasteiger partial charge in [-0.25, -0.2) is 0 Å². The maximum Gasteiger partial charge on any atom is 0.0133 e. The zero-order valence-corrected chi connectivity index (χ0v) is 12.4. The third-order valence-corrected chi connectivity index (χ3v) is 5.29. The van der Waals surface area contributed by atoms with Crippen LogP contribution in [0.2, 0.25) is 0 Å². The van der Waals surface area contributed by atoms with Crippen LogP contribution in [0.1, 0.15) is 49.3 Å². The van der Waals surface area contributed by atoms with Gasteiger partial charge in [-0.3, -0.25) is 0 Å². The summed E-state index contributed by atoms with van der Waals surface area (Å²) in [6.45, 7) is 2.40. The molecule has 3 unspecified atom stereocenters. The van der Waals surface area contributed by atoms with Crippen molar-refractivity contribution in [3.05, 3.63) is 34.9 Å². The Morgan fingerprint density at radius 1 is 1.21 bits per heavy atom. The van der Waals surface area contributed by atoms with Crippen LogP contribution in [-0.2, 0) is 19.3 Å². The highest BCUT2D eigenvalue weighted by atomic mass is 14.9. The first-order valence-corrected chi connectivity index (χ1v) is 8.04. The van der Waals surface area contributed by atoms with Gasteiger partial charge in [-0.1, -0.05) is 31.5 Å². The van der Waals surface area contributed by atoms with E-state index in [0.717, 1.165) is 11.8 Å². The smallest absolute Gasteiger partial charge is 0.0133 e. The van der Waals surface area contributed by atoms with Crippen molar-refractivity contribution < 1.29 is 0 Å². The molecule has 1 nitrogen and oxygen atoms in total. The lowest BCUT2D eigenvalue weighted by Gasteiger charge is -2.23. The van der Waals surface area contributed by atoms with Gasteiger partial charge < -0.3 is 5.32 Å². The Hall–Kier alpha value is -0.820.